The molecular formula is C16H13N5O4S. The second kappa shape index (κ2) is 6.76. The number of rotatable bonds is 5. The van der Waals surface area contributed by atoms with Gasteiger partial charge in [-0.2, -0.15) is 0 Å². The van der Waals surface area contributed by atoms with Gasteiger partial charge < -0.3 is 10.7 Å². The number of nitrogens with zero attached hydrogens (tertiary/aromatic N) is 2. The number of aromatic amines is 1. The zero-order valence-corrected chi connectivity index (χ0v) is 14.3. The van der Waals surface area contributed by atoms with Crippen LogP contribution in [0.25, 0.3) is 11.3 Å². The average molecular weight is 371 g/mol. The lowest BCUT2D eigenvalue weighted by Crippen LogP contribution is -2.14. The number of H-pyrrole nitrogens is 1. The van der Waals surface area contributed by atoms with E-state index in [0.717, 1.165) is 11.3 Å². The molecule has 2 heterocycles. The second-order valence-electron chi connectivity index (χ2n) is 5.39. The Balaban J connectivity index is 1.83. The van der Waals surface area contributed by atoms with Crippen LogP contribution in [0, 0.1) is 17.0 Å². The third-order valence-electron chi connectivity index (χ3n) is 3.63. The molecule has 2 aromatic heterocycles. The number of carbonyl (C=O) groups excluding carboxylic acids is 2. The van der Waals surface area contributed by atoms with Crippen LogP contribution in [0.15, 0.2) is 35.8 Å². The van der Waals surface area contributed by atoms with Crippen LogP contribution in [-0.2, 0) is 0 Å². The lowest BCUT2D eigenvalue weighted by Gasteiger charge is -2.04. The van der Waals surface area contributed by atoms with E-state index in [4.69, 9.17) is 5.73 Å². The number of nitro benzene ring substituents is 1. The Hall–Kier alpha value is -3.53. The van der Waals surface area contributed by atoms with E-state index in [1.807, 2.05) is 0 Å². The van der Waals surface area contributed by atoms with Crippen LogP contribution in [0.2, 0.25) is 0 Å². The van der Waals surface area contributed by atoms with Gasteiger partial charge >= 0.3 is 0 Å². The summed E-state index contributed by atoms with van der Waals surface area (Å²) < 4.78 is 0. The molecule has 0 bridgehead atoms. The maximum absolute atomic E-state index is 12.4. The molecule has 3 rings (SSSR count). The van der Waals surface area contributed by atoms with Gasteiger partial charge in [-0.1, -0.05) is 12.1 Å². The Morgan fingerprint density at radius 3 is 2.81 bits per heavy atom. The summed E-state index contributed by atoms with van der Waals surface area (Å²) in [4.78, 5) is 41.2. The zero-order valence-electron chi connectivity index (χ0n) is 13.5. The van der Waals surface area contributed by atoms with E-state index in [1.54, 1.807) is 36.7 Å². The first-order valence-corrected chi connectivity index (χ1v) is 8.24. The quantitative estimate of drug-likeness (QED) is 0.466. The number of carbonyl (C=O) groups is 2. The molecular weight excluding hydrogens is 358 g/mol. The Labute approximate surface area is 151 Å². The number of para-hydroxylation sites is 1. The van der Waals surface area contributed by atoms with Crippen LogP contribution in [0.5, 0.6) is 0 Å². The van der Waals surface area contributed by atoms with Crippen LogP contribution < -0.4 is 11.1 Å². The number of nitro groups is 1. The minimum absolute atomic E-state index is 0.0376. The Bertz CT molecular complexity index is 1020. The lowest BCUT2D eigenvalue weighted by molar-refractivity contribution is -0.385. The predicted molar refractivity (Wildman–Crippen MR) is 96.2 cm³/mol. The van der Waals surface area contributed by atoms with Gasteiger partial charge in [0, 0.05) is 22.7 Å². The number of aromatic nitrogens is 2. The molecule has 132 valence electrons. The smallest absolute Gasteiger partial charge is 0.285 e. The van der Waals surface area contributed by atoms with Crippen LogP contribution in [0.4, 0.5) is 10.8 Å². The number of hydrogen-bond acceptors (Lipinski definition) is 6. The number of hydrogen-bond donors (Lipinski definition) is 3. The molecule has 0 saturated heterocycles. The summed E-state index contributed by atoms with van der Waals surface area (Å²) in [6, 6.07) is 6.09. The van der Waals surface area contributed by atoms with Crippen molar-refractivity contribution in [3.05, 3.63) is 62.8 Å². The van der Waals surface area contributed by atoms with Crippen molar-refractivity contribution in [1.29, 1.82) is 0 Å². The third-order valence-corrected chi connectivity index (χ3v) is 4.39. The molecule has 0 radical (unpaired) electrons. The van der Waals surface area contributed by atoms with E-state index in [2.05, 4.69) is 15.3 Å². The van der Waals surface area contributed by atoms with Crippen LogP contribution >= 0.6 is 11.3 Å². The summed E-state index contributed by atoms with van der Waals surface area (Å²) in [5.74, 6) is -1.21. The number of nitrogens with two attached hydrogens (primary N) is 1. The standard InChI is InChI=1S/C16H13N5O4S/c1-8-3-2-4-10(13(8)21(24)25)15(23)20-16-19-12(7-26-16)9-5-11(14(17)22)18-6-9/h2-7,18H,1H3,(H2,17,22)(H,19,20,23). The minimum atomic E-state index is -0.617. The van der Waals surface area contributed by atoms with Gasteiger partial charge in [0.25, 0.3) is 17.5 Å². The van der Waals surface area contributed by atoms with Gasteiger partial charge in [0.15, 0.2) is 5.13 Å². The first-order chi connectivity index (χ1) is 12.4. The summed E-state index contributed by atoms with van der Waals surface area (Å²) in [6.07, 6.45) is 1.58. The average Bonchev–Trinajstić information content (AvgIpc) is 3.23. The topological polar surface area (TPSA) is 144 Å². The number of nitrogens with one attached hydrogen (secondary N) is 2. The van der Waals surface area contributed by atoms with E-state index in [9.17, 15) is 19.7 Å². The van der Waals surface area contributed by atoms with Crippen LogP contribution in [-0.4, -0.2) is 26.7 Å². The van der Waals surface area contributed by atoms with E-state index < -0.39 is 16.7 Å². The highest BCUT2D eigenvalue weighted by atomic mass is 32.1. The lowest BCUT2D eigenvalue weighted by atomic mass is 10.1. The molecule has 0 aliphatic heterocycles. The van der Waals surface area contributed by atoms with Gasteiger partial charge in [0.2, 0.25) is 0 Å². The SMILES string of the molecule is Cc1cccc(C(=O)Nc2nc(-c3c[nH]c(C(N)=O)c3)cs2)c1[N+](=O)[O-]. The van der Waals surface area contributed by atoms with E-state index in [1.165, 1.54) is 6.07 Å². The van der Waals surface area contributed by atoms with Gasteiger partial charge in [0.05, 0.1) is 10.6 Å². The van der Waals surface area contributed by atoms with E-state index in [-0.39, 0.29) is 22.1 Å². The summed E-state index contributed by atoms with van der Waals surface area (Å²) in [6.45, 7) is 1.57. The first kappa shape index (κ1) is 17.3. The first-order valence-electron chi connectivity index (χ1n) is 7.36. The molecule has 0 saturated carbocycles. The Morgan fingerprint density at radius 1 is 1.38 bits per heavy atom. The molecule has 26 heavy (non-hydrogen) atoms. The highest BCUT2D eigenvalue weighted by Gasteiger charge is 2.23. The fraction of sp³-hybridized carbons (Fsp3) is 0.0625. The summed E-state index contributed by atoms with van der Waals surface area (Å²) in [7, 11) is 0. The van der Waals surface area contributed by atoms with Crippen LogP contribution in [0.1, 0.15) is 26.4 Å². The number of amides is 2. The van der Waals surface area contributed by atoms with Gasteiger partial charge in [0.1, 0.15) is 11.3 Å². The van der Waals surface area contributed by atoms with Crippen molar-refractivity contribution in [2.24, 2.45) is 5.73 Å². The minimum Gasteiger partial charge on any atom is -0.364 e. The maximum atomic E-state index is 12.4. The molecule has 4 N–H and O–H groups in total. The van der Waals surface area contributed by atoms with Gasteiger partial charge in [-0.05, 0) is 19.1 Å². The number of anilines is 1. The third kappa shape index (κ3) is 3.30. The molecule has 0 unspecified atom stereocenters. The summed E-state index contributed by atoms with van der Waals surface area (Å²) in [5, 5.41) is 15.7. The van der Waals surface area contributed by atoms with Crippen molar-refractivity contribution in [2.45, 2.75) is 6.92 Å². The largest absolute Gasteiger partial charge is 0.364 e. The fourth-order valence-electron chi connectivity index (χ4n) is 2.40. The molecule has 3 aromatic rings. The zero-order chi connectivity index (χ0) is 18.8. The summed E-state index contributed by atoms with van der Waals surface area (Å²) >= 11 is 1.16. The Kier molecular flexibility index (Phi) is 4.50. The molecule has 0 fully saturated rings. The molecule has 0 aliphatic rings. The molecule has 2 amide bonds. The number of primary amides is 1. The van der Waals surface area contributed by atoms with Crippen molar-refractivity contribution in [1.82, 2.24) is 9.97 Å². The van der Waals surface area contributed by atoms with Gasteiger partial charge in [-0.25, -0.2) is 4.98 Å². The van der Waals surface area contributed by atoms with Crippen molar-refractivity contribution in [3.8, 4) is 11.3 Å². The number of benzene rings is 1. The second-order valence-corrected chi connectivity index (χ2v) is 6.24. The highest BCUT2D eigenvalue weighted by molar-refractivity contribution is 7.14. The van der Waals surface area contributed by atoms with Crippen molar-refractivity contribution in [3.63, 3.8) is 0 Å². The van der Waals surface area contributed by atoms with Crippen LogP contribution in [0.3, 0.4) is 0 Å². The van der Waals surface area contributed by atoms with E-state index >= 15 is 0 Å². The monoisotopic (exact) mass is 371 g/mol. The van der Waals surface area contributed by atoms with Crippen molar-refractivity contribution in [2.75, 3.05) is 5.32 Å². The van der Waals surface area contributed by atoms with E-state index in [0.29, 0.717) is 16.8 Å². The van der Waals surface area contributed by atoms with Crippen molar-refractivity contribution >= 4 is 34.0 Å². The maximum Gasteiger partial charge on any atom is 0.285 e. The molecule has 0 atom stereocenters. The predicted octanol–water partition coefficient (Wildman–Crippen LogP) is 2.71. The molecule has 0 spiro atoms. The molecule has 9 nitrogen and oxygen atoms in total. The number of thiazole rings is 1. The molecule has 1 aromatic carbocycles. The molecule has 10 heteroatoms. The normalized spacial score (nSPS) is 10.5. The highest BCUT2D eigenvalue weighted by Crippen LogP contribution is 2.28. The fourth-order valence-corrected chi connectivity index (χ4v) is 3.11. The number of aryl methyl sites for hydroxylation is 1. The van der Waals surface area contributed by atoms with Crippen molar-refractivity contribution < 1.29 is 14.5 Å². The molecule has 0 aliphatic carbocycles. The summed E-state index contributed by atoms with van der Waals surface area (Å²) in [5.41, 5.74) is 6.73. The Morgan fingerprint density at radius 2 is 2.15 bits per heavy atom. The van der Waals surface area contributed by atoms with Gasteiger partial charge in [-0.3, -0.25) is 25.0 Å². The van der Waals surface area contributed by atoms with Gasteiger partial charge in [-0.15, -0.1) is 11.3 Å².